The molecule has 0 saturated carbocycles. The predicted molar refractivity (Wildman–Crippen MR) is 134 cm³/mol. The first-order chi connectivity index (χ1) is 18.7. The van der Waals surface area contributed by atoms with Crippen molar-refractivity contribution >= 4 is 17.6 Å². The molecule has 1 atom stereocenters. The molecule has 0 radical (unpaired) electrons. The van der Waals surface area contributed by atoms with Gasteiger partial charge < -0.3 is 28.9 Å². The van der Waals surface area contributed by atoms with Gasteiger partial charge in [0, 0.05) is 51.1 Å². The maximum atomic E-state index is 13.5. The van der Waals surface area contributed by atoms with Crippen LogP contribution in [0.4, 0.5) is 18.9 Å². The van der Waals surface area contributed by atoms with E-state index < -0.39 is 12.1 Å². The Balaban J connectivity index is 0.000000392. The highest BCUT2D eigenvalue weighted by Gasteiger charge is 2.50. The van der Waals surface area contributed by atoms with E-state index in [1.165, 1.54) is 5.69 Å². The first-order valence-electron chi connectivity index (χ1n) is 12.4. The van der Waals surface area contributed by atoms with Crippen molar-refractivity contribution in [3.05, 3.63) is 71.7 Å². The Kier molecular flexibility index (Phi) is 6.98. The Morgan fingerprint density at radius 1 is 1.21 bits per heavy atom. The van der Waals surface area contributed by atoms with Gasteiger partial charge in [-0.05, 0) is 54.4 Å². The van der Waals surface area contributed by atoms with Crippen molar-refractivity contribution in [2.75, 3.05) is 44.9 Å². The van der Waals surface area contributed by atoms with Crippen molar-refractivity contribution in [3.8, 4) is 11.6 Å². The number of anilines is 1. The summed E-state index contributed by atoms with van der Waals surface area (Å²) >= 11 is 0. The smallest absolute Gasteiger partial charge is 0.490 e. The first kappa shape index (κ1) is 26.5. The number of hydrogen-bond donors (Lipinski definition) is 1. The van der Waals surface area contributed by atoms with E-state index in [4.69, 9.17) is 19.4 Å². The van der Waals surface area contributed by atoms with E-state index in [0.29, 0.717) is 26.3 Å². The van der Waals surface area contributed by atoms with E-state index in [-0.39, 0.29) is 11.4 Å². The van der Waals surface area contributed by atoms with Gasteiger partial charge in [0.1, 0.15) is 11.3 Å². The number of aromatic nitrogens is 2. The van der Waals surface area contributed by atoms with E-state index in [9.17, 15) is 18.0 Å². The number of carboxylic acid groups (broad SMARTS) is 1. The van der Waals surface area contributed by atoms with Crippen LogP contribution in [0.15, 0.2) is 54.9 Å². The van der Waals surface area contributed by atoms with Crippen molar-refractivity contribution in [2.45, 2.75) is 24.6 Å². The maximum Gasteiger partial charge on any atom is 0.490 e. The van der Waals surface area contributed by atoms with E-state index in [2.05, 4.69) is 38.8 Å². The monoisotopic (exact) mass is 544 g/mol. The number of rotatable bonds is 4. The Labute approximate surface area is 222 Å². The maximum absolute atomic E-state index is 13.5. The van der Waals surface area contributed by atoms with Crippen LogP contribution in [0.3, 0.4) is 0 Å². The number of carboxylic acids is 1. The van der Waals surface area contributed by atoms with Crippen molar-refractivity contribution < 1.29 is 37.3 Å². The summed E-state index contributed by atoms with van der Waals surface area (Å²) < 4.78 is 45.0. The molecule has 0 bridgehead atoms. The van der Waals surface area contributed by atoms with Gasteiger partial charge in [-0.2, -0.15) is 13.2 Å². The summed E-state index contributed by atoms with van der Waals surface area (Å²) in [5.74, 6) is -0.845. The molecule has 1 aromatic carbocycles. The third-order valence-electron chi connectivity index (χ3n) is 7.26. The van der Waals surface area contributed by atoms with Crippen LogP contribution in [0.2, 0.25) is 0 Å². The summed E-state index contributed by atoms with van der Waals surface area (Å²) in [6.45, 7) is 3.37. The number of methoxy groups -OCH3 is 1. The number of nitrogens with zero attached hydrogens (tertiary/aromatic N) is 4. The lowest BCUT2D eigenvalue weighted by atomic mass is 9.89. The van der Waals surface area contributed by atoms with Crippen LogP contribution in [-0.2, 0) is 21.5 Å². The van der Waals surface area contributed by atoms with E-state index in [0.717, 1.165) is 47.8 Å². The van der Waals surface area contributed by atoms with Gasteiger partial charge in [0.25, 0.3) is 5.91 Å². The SMILES string of the molecule is COCCN1c2cccnc2-n2cccc2C12CCN(C(=O)c1ccc3c(c1)CCO3)C2.O=C(O)C(F)(F)F. The molecule has 3 aliphatic heterocycles. The Hall–Kier alpha value is -4.06. The fraction of sp³-hybridized carbons (Fsp3) is 0.370. The van der Waals surface area contributed by atoms with Crippen LogP contribution >= 0.6 is 0 Å². The van der Waals surface area contributed by atoms with Crippen molar-refractivity contribution in [1.29, 1.82) is 0 Å². The van der Waals surface area contributed by atoms with Crippen LogP contribution in [0, 0.1) is 0 Å². The molecular formula is C27H27F3N4O5. The van der Waals surface area contributed by atoms with Crippen molar-refractivity contribution in [1.82, 2.24) is 14.5 Å². The van der Waals surface area contributed by atoms with Gasteiger partial charge in [-0.1, -0.05) is 0 Å². The number of fused-ring (bicyclic) bond motifs is 5. The Bertz CT molecular complexity index is 1390. The lowest BCUT2D eigenvalue weighted by Crippen LogP contribution is -2.53. The molecule has 1 N–H and O–H groups in total. The molecule has 9 nitrogen and oxygen atoms in total. The van der Waals surface area contributed by atoms with E-state index >= 15 is 0 Å². The summed E-state index contributed by atoms with van der Waals surface area (Å²) in [6, 6.07) is 14.2. The number of hydrogen-bond acceptors (Lipinski definition) is 6. The molecule has 206 valence electrons. The van der Waals surface area contributed by atoms with Crippen molar-refractivity contribution in [3.63, 3.8) is 0 Å². The lowest BCUT2D eigenvalue weighted by molar-refractivity contribution is -0.192. The summed E-state index contributed by atoms with van der Waals surface area (Å²) in [6.07, 6.45) is 0.538. The number of halogens is 3. The van der Waals surface area contributed by atoms with Crippen LogP contribution in [0.25, 0.3) is 5.82 Å². The number of alkyl halides is 3. The fourth-order valence-corrected chi connectivity index (χ4v) is 5.51. The number of carbonyl (C=O) groups excluding carboxylic acids is 1. The third-order valence-corrected chi connectivity index (χ3v) is 7.26. The predicted octanol–water partition coefficient (Wildman–Crippen LogP) is 3.65. The number of likely N-dealkylation sites (tertiary alicyclic amines) is 1. The first-order valence-corrected chi connectivity index (χ1v) is 12.4. The second-order valence-corrected chi connectivity index (χ2v) is 9.49. The molecule has 1 saturated heterocycles. The summed E-state index contributed by atoms with van der Waals surface area (Å²) in [4.78, 5) is 31.5. The number of aliphatic carboxylic acids is 1. The third kappa shape index (κ3) is 4.80. The Morgan fingerprint density at radius 2 is 2.00 bits per heavy atom. The molecule has 2 aromatic heterocycles. The second kappa shape index (κ2) is 10.3. The summed E-state index contributed by atoms with van der Waals surface area (Å²) in [5, 5.41) is 7.12. The number of benzene rings is 1. The molecule has 1 spiro atoms. The van der Waals surface area contributed by atoms with Gasteiger partial charge in [-0.3, -0.25) is 4.79 Å². The highest BCUT2D eigenvalue weighted by Crippen LogP contribution is 2.47. The van der Waals surface area contributed by atoms with Crippen LogP contribution < -0.4 is 9.64 Å². The van der Waals surface area contributed by atoms with Gasteiger partial charge in [-0.15, -0.1) is 0 Å². The van der Waals surface area contributed by atoms with Gasteiger partial charge in [0.05, 0.1) is 24.6 Å². The molecule has 6 rings (SSSR count). The largest absolute Gasteiger partial charge is 0.493 e. The molecule has 3 aliphatic rings. The number of amides is 1. The highest BCUT2D eigenvalue weighted by atomic mass is 19.4. The zero-order valence-corrected chi connectivity index (χ0v) is 21.1. The molecule has 0 aliphatic carbocycles. The summed E-state index contributed by atoms with van der Waals surface area (Å²) in [5.41, 5.74) is 3.81. The molecule has 39 heavy (non-hydrogen) atoms. The van der Waals surface area contributed by atoms with Crippen LogP contribution in [0.5, 0.6) is 5.75 Å². The molecule has 1 fully saturated rings. The average Bonchev–Trinajstić information content (AvgIpc) is 3.68. The minimum Gasteiger partial charge on any atom is -0.493 e. The fourth-order valence-electron chi connectivity index (χ4n) is 5.51. The van der Waals surface area contributed by atoms with Gasteiger partial charge in [0.2, 0.25) is 0 Å². The number of carbonyl (C=O) groups is 2. The van der Waals surface area contributed by atoms with Gasteiger partial charge in [-0.25, -0.2) is 9.78 Å². The lowest BCUT2D eigenvalue weighted by Gasteiger charge is -2.47. The minimum absolute atomic E-state index is 0.0818. The van der Waals surface area contributed by atoms with E-state index in [1.807, 2.05) is 35.4 Å². The molecule has 1 unspecified atom stereocenters. The zero-order chi connectivity index (χ0) is 27.8. The molecule has 1 amide bonds. The molecule has 12 heteroatoms. The molecular weight excluding hydrogens is 517 g/mol. The summed E-state index contributed by atoms with van der Waals surface area (Å²) in [7, 11) is 1.73. The zero-order valence-electron chi connectivity index (χ0n) is 21.1. The van der Waals surface area contributed by atoms with Gasteiger partial charge in [0.15, 0.2) is 5.82 Å². The number of pyridine rings is 1. The van der Waals surface area contributed by atoms with Crippen LogP contribution in [0.1, 0.15) is 28.0 Å². The Morgan fingerprint density at radius 3 is 2.74 bits per heavy atom. The average molecular weight is 545 g/mol. The highest BCUT2D eigenvalue weighted by molar-refractivity contribution is 5.95. The molecule has 3 aromatic rings. The quantitative estimate of drug-likeness (QED) is 0.536. The topological polar surface area (TPSA) is 97.1 Å². The van der Waals surface area contributed by atoms with Crippen LogP contribution in [-0.4, -0.2) is 77.6 Å². The van der Waals surface area contributed by atoms with Gasteiger partial charge >= 0.3 is 12.1 Å². The standard InChI is InChI=1S/C25H26N4O3.C2HF3O2/c1-31-15-13-29-20-4-2-10-26-23(20)28-11-3-5-22(28)25(29)9-12-27(17-25)24(30)19-6-7-21-18(16-19)8-14-32-21;3-2(4,5)1(6)7/h2-7,10-11,16H,8-9,12-15,17H2,1H3;(H,6,7). The van der Waals surface area contributed by atoms with E-state index in [1.54, 1.807) is 7.11 Å². The normalized spacial score (nSPS) is 19.1. The second-order valence-electron chi connectivity index (χ2n) is 9.49. The molecule has 5 heterocycles. The minimum atomic E-state index is -5.08. The van der Waals surface area contributed by atoms with Crippen molar-refractivity contribution in [2.24, 2.45) is 0 Å². The number of ether oxygens (including phenoxy) is 2.